The number of nitrogens with one attached hydrogen (secondary N) is 1. The van der Waals surface area contributed by atoms with Gasteiger partial charge in [-0.3, -0.25) is 0 Å². The van der Waals surface area contributed by atoms with Gasteiger partial charge >= 0.3 is 6.18 Å². The zero-order valence-electron chi connectivity index (χ0n) is 12.8. The van der Waals surface area contributed by atoms with Crippen molar-refractivity contribution in [3.8, 4) is 0 Å². The molecule has 0 aliphatic carbocycles. The van der Waals surface area contributed by atoms with Gasteiger partial charge in [0, 0.05) is 19.7 Å². The van der Waals surface area contributed by atoms with E-state index < -0.39 is 24.9 Å². The van der Waals surface area contributed by atoms with Crippen molar-refractivity contribution in [3.05, 3.63) is 0 Å². The Balaban J connectivity index is 3.68. The first-order valence-corrected chi connectivity index (χ1v) is 7.52. The normalized spacial score (nSPS) is 16.7. The largest absolute Gasteiger partial charge is 0.415 e. The molecule has 128 valence electrons. The average molecular weight is 315 g/mol. The van der Waals surface area contributed by atoms with Crippen molar-refractivity contribution in [2.24, 2.45) is 5.92 Å². The summed E-state index contributed by atoms with van der Waals surface area (Å²) in [6.07, 6.45) is -3.57. The van der Waals surface area contributed by atoms with Crippen LogP contribution < -0.4 is 5.32 Å². The quantitative estimate of drug-likeness (QED) is 0.516. The van der Waals surface area contributed by atoms with Crippen LogP contribution in [0.4, 0.5) is 13.2 Å². The lowest BCUT2D eigenvalue weighted by Crippen LogP contribution is -2.41. The first-order valence-electron chi connectivity index (χ1n) is 7.52. The van der Waals surface area contributed by atoms with E-state index in [0.29, 0.717) is 12.5 Å². The van der Waals surface area contributed by atoms with Gasteiger partial charge in [0.15, 0.2) is 6.10 Å². The molecule has 0 aliphatic rings. The molecular formula is C14H28F3NO3. The van der Waals surface area contributed by atoms with E-state index in [1.165, 1.54) is 0 Å². The van der Waals surface area contributed by atoms with Crippen molar-refractivity contribution in [2.75, 3.05) is 26.3 Å². The van der Waals surface area contributed by atoms with Crippen molar-refractivity contribution in [1.82, 2.24) is 5.32 Å². The number of alkyl halides is 3. The summed E-state index contributed by atoms with van der Waals surface area (Å²) in [5, 5.41) is 20.7. The number of unbranched alkanes of at least 4 members (excludes halogenated alkanes) is 1. The third-order valence-corrected chi connectivity index (χ3v) is 3.30. The highest BCUT2D eigenvalue weighted by Crippen LogP contribution is 2.19. The predicted octanol–water partition coefficient (Wildman–Crippen LogP) is 2.09. The second-order valence-electron chi connectivity index (χ2n) is 5.32. The van der Waals surface area contributed by atoms with Gasteiger partial charge in [0.2, 0.25) is 0 Å². The van der Waals surface area contributed by atoms with Crippen molar-refractivity contribution in [1.29, 1.82) is 0 Å². The fourth-order valence-electron chi connectivity index (χ4n) is 1.83. The molecule has 3 atom stereocenters. The van der Waals surface area contributed by atoms with Crippen LogP contribution in [-0.4, -0.2) is 54.9 Å². The van der Waals surface area contributed by atoms with E-state index in [1.54, 1.807) is 0 Å². The minimum absolute atomic E-state index is 0.0428. The molecule has 0 fully saturated rings. The van der Waals surface area contributed by atoms with E-state index in [2.05, 4.69) is 19.2 Å². The zero-order chi connectivity index (χ0) is 16.3. The molecule has 0 amide bonds. The summed E-state index contributed by atoms with van der Waals surface area (Å²) in [6.45, 7) is 4.17. The third kappa shape index (κ3) is 10.9. The number of aliphatic hydroxyl groups excluding tert-OH is 2. The van der Waals surface area contributed by atoms with Crippen LogP contribution in [0, 0.1) is 5.92 Å². The van der Waals surface area contributed by atoms with E-state index in [9.17, 15) is 18.3 Å². The second kappa shape index (κ2) is 11.2. The van der Waals surface area contributed by atoms with Crippen LogP contribution in [0.3, 0.4) is 0 Å². The predicted molar refractivity (Wildman–Crippen MR) is 75.1 cm³/mol. The molecular weight excluding hydrogens is 287 g/mol. The molecule has 3 unspecified atom stereocenters. The van der Waals surface area contributed by atoms with Gasteiger partial charge in [0.05, 0.1) is 12.7 Å². The van der Waals surface area contributed by atoms with Crippen LogP contribution in [0.1, 0.15) is 39.5 Å². The maximum Gasteiger partial charge on any atom is 0.415 e. The highest BCUT2D eigenvalue weighted by molar-refractivity contribution is 4.69. The third-order valence-electron chi connectivity index (χ3n) is 3.30. The van der Waals surface area contributed by atoms with Gasteiger partial charge in [-0.25, -0.2) is 0 Å². The molecule has 0 aromatic rings. The van der Waals surface area contributed by atoms with Crippen LogP contribution in [0.5, 0.6) is 0 Å². The summed E-state index contributed by atoms with van der Waals surface area (Å²) in [5.41, 5.74) is 0. The molecule has 3 N–H and O–H groups in total. The number of halogens is 3. The number of aliphatic hydroxyl groups is 2. The van der Waals surface area contributed by atoms with Crippen LogP contribution >= 0.6 is 0 Å². The minimum Gasteiger partial charge on any atom is -0.389 e. The highest BCUT2D eigenvalue weighted by Gasteiger charge is 2.37. The molecule has 0 spiro atoms. The summed E-state index contributed by atoms with van der Waals surface area (Å²) < 4.78 is 41.5. The highest BCUT2D eigenvalue weighted by atomic mass is 19.4. The first-order chi connectivity index (χ1) is 9.81. The molecule has 0 saturated heterocycles. The molecule has 0 aromatic heterocycles. The number of ether oxygens (including phenoxy) is 1. The molecule has 0 heterocycles. The van der Waals surface area contributed by atoms with Gasteiger partial charge < -0.3 is 20.3 Å². The number of hydrogen-bond donors (Lipinski definition) is 3. The Morgan fingerprint density at radius 2 is 1.76 bits per heavy atom. The van der Waals surface area contributed by atoms with E-state index in [4.69, 9.17) is 9.84 Å². The zero-order valence-corrected chi connectivity index (χ0v) is 12.8. The Labute approximate surface area is 124 Å². The molecule has 21 heavy (non-hydrogen) atoms. The molecule has 0 bridgehead atoms. The Morgan fingerprint density at radius 3 is 2.29 bits per heavy atom. The van der Waals surface area contributed by atoms with Crippen LogP contribution in [-0.2, 0) is 4.74 Å². The summed E-state index contributed by atoms with van der Waals surface area (Å²) in [7, 11) is 0. The van der Waals surface area contributed by atoms with E-state index >= 15 is 0 Å². The lowest BCUT2D eigenvalue weighted by atomic mass is 10.0. The molecule has 4 nitrogen and oxygen atoms in total. The summed E-state index contributed by atoms with van der Waals surface area (Å²) in [4.78, 5) is 0. The first kappa shape index (κ1) is 20.6. The second-order valence-corrected chi connectivity index (χ2v) is 5.32. The minimum atomic E-state index is -4.64. The Bertz CT molecular complexity index is 252. The monoisotopic (exact) mass is 315 g/mol. The summed E-state index contributed by atoms with van der Waals surface area (Å²) in [5.74, 6) is 0.456. The maximum atomic E-state index is 12.0. The average Bonchev–Trinajstić information content (AvgIpc) is 2.41. The lowest BCUT2D eigenvalue weighted by molar-refractivity contribution is -0.202. The van der Waals surface area contributed by atoms with Gasteiger partial charge in [-0.05, 0) is 12.3 Å². The fourth-order valence-corrected chi connectivity index (χ4v) is 1.83. The van der Waals surface area contributed by atoms with Crippen molar-refractivity contribution in [3.63, 3.8) is 0 Å². The number of hydrogen-bond acceptors (Lipinski definition) is 4. The van der Waals surface area contributed by atoms with Gasteiger partial charge in [-0.1, -0.05) is 33.1 Å². The van der Waals surface area contributed by atoms with Crippen LogP contribution in [0.25, 0.3) is 0 Å². The van der Waals surface area contributed by atoms with Crippen LogP contribution in [0.15, 0.2) is 0 Å². The molecule has 0 aliphatic heterocycles. The van der Waals surface area contributed by atoms with E-state index in [-0.39, 0.29) is 13.2 Å². The fraction of sp³-hybridized carbons (Fsp3) is 1.00. The molecule has 0 saturated carbocycles. The Hall–Kier alpha value is -0.370. The van der Waals surface area contributed by atoms with Crippen molar-refractivity contribution < 1.29 is 28.1 Å². The Kier molecular flexibility index (Phi) is 11.0. The molecule has 0 rings (SSSR count). The van der Waals surface area contributed by atoms with E-state index in [1.807, 2.05) is 0 Å². The number of rotatable bonds is 12. The molecule has 0 radical (unpaired) electrons. The summed E-state index contributed by atoms with van der Waals surface area (Å²) in [6, 6.07) is 0. The standard InChI is InChI=1S/C14H28F3NO3/c1-3-5-6-11(4-2)9-21-10-12(19)7-18-8-13(20)14(15,16)17/h11-13,18-20H,3-10H2,1-2H3. The summed E-state index contributed by atoms with van der Waals surface area (Å²) >= 11 is 0. The topological polar surface area (TPSA) is 61.7 Å². The van der Waals surface area contributed by atoms with Gasteiger partial charge in [-0.15, -0.1) is 0 Å². The lowest BCUT2D eigenvalue weighted by Gasteiger charge is -2.18. The van der Waals surface area contributed by atoms with E-state index in [0.717, 1.165) is 25.7 Å². The Morgan fingerprint density at radius 1 is 1.10 bits per heavy atom. The van der Waals surface area contributed by atoms with Gasteiger partial charge in [0.25, 0.3) is 0 Å². The smallest absolute Gasteiger partial charge is 0.389 e. The molecule has 0 aromatic carbocycles. The van der Waals surface area contributed by atoms with Gasteiger partial charge in [-0.2, -0.15) is 13.2 Å². The molecule has 7 heteroatoms. The van der Waals surface area contributed by atoms with Crippen molar-refractivity contribution >= 4 is 0 Å². The maximum absolute atomic E-state index is 12.0. The van der Waals surface area contributed by atoms with Crippen LogP contribution in [0.2, 0.25) is 0 Å². The van der Waals surface area contributed by atoms with Gasteiger partial charge in [0.1, 0.15) is 0 Å². The SMILES string of the molecule is CCCCC(CC)COCC(O)CNCC(O)C(F)(F)F. The van der Waals surface area contributed by atoms with Crippen molar-refractivity contribution in [2.45, 2.75) is 57.9 Å².